The normalized spacial score (nSPS) is 12.5. The third kappa shape index (κ3) is 7.87. The number of allylic oxidation sites excluding steroid dienone is 1. The van der Waals surface area contributed by atoms with Gasteiger partial charge in [-0.25, -0.2) is 0 Å². The lowest BCUT2D eigenvalue weighted by Crippen LogP contribution is -2.19. The van der Waals surface area contributed by atoms with Crippen LogP contribution < -0.4 is 9.80 Å². The van der Waals surface area contributed by atoms with Gasteiger partial charge >= 0.3 is 0 Å². The van der Waals surface area contributed by atoms with Crippen molar-refractivity contribution >= 4 is 131 Å². The zero-order valence-corrected chi connectivity index (χ0v) is 46.2. The summed E-state index contributed by atoms with van der Waals surface area (Å²) in [5.41, 5.74) is 14.3. The molecule has 2 nitrogen and oxygen atoms in total. The highest BCUT2D eigenvalue weighted by Gasteiger charge is 2.26. The molecule has 0 saturated heterocycles. The SMILES string of the molecule is C1=C(N(c2ccc3ccccc3c2)c2ccc3c(-c4cc5ccccc5c5ccccc45)c4cc(N(c5ccc6ccccc6c5)c5ccc6ccccc6c5)ccc4c(-c4cc5ccccc5c5ccccc45)c3c2)CCc2ccccc21. The van der Waals surface area contributed by atoms with Crippen molar-refractivity contribution in [3.63, 3.8) is 0 Å². The number of rotatable bonds is 8. The molecule has 0 bridgehead atoms. The lowest BCUT2D eigenvalue weighted by atomic mass is 9.82. The van der Waals surface area contributed by atoms with Gasteiger partial charge in [0.05, 0.1) is 0 Å². The third-order valence-corrected chi connectivity index (χ3v) is 18.0. The maximum Gasteiger partial charge on any atom is 0.0468 e. The van der Waals surface area contributed by atoms with Crippen molar-refractivity contribution in [2.24, 2.45) is 0 Å². The smallest absolute Gasteiger partial charge is 0.0468 e. The van der Waals surface area contributed by atoms with Crippen LogP contribution in [0.5, 0.6) is 0 Å². The van der Waals surface area contributed by atoms with Gasteiger partial charge in [-0.3, -0.25) is 0 Å². The largest absolute Gasteiger partial charge is 0.314 e. The molecule has 16 aromatic carbocycles. The molecule has 1 aliphatic carbocycles. The molecule has 392 valence electrons. The van der Waals surface area contributed by atoms with Crippen molar-refractivity contribution in [2.45, 2.75) is 12.8 Å². The Bertz CT molecular complexity index is 5340. The Hall–Kier alpha value is -10.8. The lowest BCUT2D eigenvalue weighted by molar-refractivity contribution is 0.894. The van der Waals surface area contributed by atoms with Crippen LogP contribution in [0, 0.1) is 0 Å². The first-order chi connectivity index (χ1) is 41.6. The molecule has 1 aliphatic rings. The Morgan fingerprint density at radius 1 is 0.214 bits per heavy atom. The summed E-state index contributed by atoms with van der Waals surface area (Å²) in [5.74, 6) is 0. The van der Waals surface area contributed by atoms with E-state index in [1.807, 2.05) is 0 Å². The second-order valence-electron chi connectivity index (χ2n) is 22.7. The van der Waals surface area contributed by atoms with E-state index >= 15 is 0 Å². The second kappa shape index (κ2) is 19.4. The van der Waals surface area contributed by atoms with E-state index in [1.165, 1.54) is 136 Å². The minimum Gasteiger partial charge on any atom is -0.314 e. The summed E-state index contributed by atoms with van der Waals surface area (Å²) in [6.07, 6.45) is 4.31. The highest BCUT2D eigenvalue weighted by atomic mass is 15.2. The van der Waals surface area contributed by atoms with Crippen molar-refractivity contribution in [2.75, 3.05) is 9.80 Å². The van der Waals surface area contributed by atoms with Crippen molar-refractivity contribution in [3.05, 3.63) is 314 Å². The molecule has 0 aromatic heterocycles. The maximum atomic E-state index is 2.55. The number of aryl methyl sites for hydroxylation is 1. The first-order valence-electron chi connectivity index (χ1n) is 29.3. The number of anilines is 5. The summed E-state index contributed by atoms with van der Waals surface area (Å²) < 4.78 is 0. The quantitative estimate of drug-likeness (QED) is 0.111. The van der Waals surface area contributed by atoms with Gasteiger partial charge < -0.3 is 9.80 Å². The van der Waals surface area contributed by atoms with E-state index in [0.717, 1.165) is 41.3 Å². The summed E-state index contributed by atoms with van der Waals surface area (Å²) in [5, 5.41) is 21.9. The molecule has 2 heteroatoms. The zero-order valence-electron chi connectivity index (χ0n) is 46.2. The average Bonchev–Trinajstić information content (AvgIpc) is 1.80. The van der Waals surface area contributed by atoms with Gasteiger partial charge in [-0.15, -0.1) is 0 Å². The van der Waals surface area contributed by atoms with Crippen molar-refractivity contribution in [1.29, 1.82) is 0 Å². The van der Waals surface area contributed by atoms with Gasteiger partial charge in [0.15, 0.2) is 0 Å². The van der Waals surface area contributed by atoms with Gasteiger partial charge in [-0.05, 0) is 222 Å². The molecular formula is C82H54N2. The topological polar surface area (TPSA) is 6.48 Å². The fraction of sp³-hybridized carbons (Fsp3) is 0.0244. The Kier molecular flexibility index (Phi) is 11.1. The first kappa shape index (κ1) is 48.0. The predicted molar refractivity (Wildman–Crippen MR) is 361 cm³/mol. The van der Waals surface area contributed by atoms with E-state index in [9.17, 15) is 0 Å². The molecule has 0 atom stereocenters. The van der Waals surface area contributed by atoms with Crippen LogP contribution >= 0.6 is 0 Å². The summed E-state index contributed by atoms with van der Waals surface area (Å²) in [6, 6.07) is 111. The van der Waals surface area contributed by atoms with Gasteiger partial charge in [0.2, 0.25) is 0 Å². The van der Waals surface area contributed by atoms with Crippen LogP contribution in [0.25, 0.3) is 125 Å². The van der Waals surface area contributed by atoms with Gasteiger partial charge in [-0.1, -0.05) is 224 Å². The van der Waals surface area contributed by atoms with Gasteiger partial charge in [0.1, 0.15) is 0 Å². The Morgan fingerprint density at radius 2 is 0.571 bits per heavy atom. The van der Waals surface area contributed by atoms with E-state index < -0.39 is 0 Å². The number of hydrogen-bond donors (Lipinski definition) is 0. The van der Waals surface area contributed by atoms with Gasteiger partial charge in [0.25, 0.3) is 0 Å². The van der Waals surface area contributed by atoms with Gasteiger partial charge in [-0.2, -0.15) is 0 Å². The maximum absolute atomic E-state index is 2.55. The minimum absolute atomic E-state index is 0.907. The fourth-order valence-corrected chi connectivity index (χ4v) is 14.1. The molecule has 0 amide bonds. The molecule has 0 spiro atoms. The molecule has 0 radical (unpaired) electrons. The zero-order chi connectivity index (χ0) is 55.2. The molecule has 17 rings (SSSR count). The van der Waals surface area contributed by atoms with E-state index in [1.54, 1.807) is 0 Å². The minimum atomic E-state index is 0.907. The molecule has 0 N–H and O–H groups in total. The second-order valence-corrected chi connectivity index (χ2v) is 22.7. The summed E-state index contributed by atoms with van der Waals surface area (Å²) in [7, 11) is 0. The van der Waals surface area contributed by atoms with Gasteiger partial charge in [0, 0.05) is 34.1 Å². The van der Waals surface area contributed by atoms with Crippen LogP contribution in [0.3, 0.4) is 0 Å². The first-order valence-corrected chi connectivity index (χ1v) is 29.3. The Balaban J connectivity index is 1.03. The van der Waals surface area contributed by atoms with E-state index in [2.05, 4.69) is 313 Å². The molecule has 0 aliphatic heterocycles. The summed E-state index contributed by atoms with van der Waals surface area (Å²) in [6.45, 7) is 0. The van der Waals surface area contributed by atoms with Crippen LogP contribution in [0.15, 0.2) is 303 Å². The molecular weight excluding hydrogens is 1010 g/mol. The van der Waals surface area contributed by atoms with E-state index in [-0.39, 0.29) is 0 Å². The molecule has 16 aromatic rings. The van der Waals surface area contributed by atoms with Crippen molar-refractivity contribution in [3.8, 4) is 22.3 Å². The number of fused-ring (bicyclic) bond motifs is 12. The van der Waals surface area contributed by atoms with Crippen LogP contribution in [-0.4, -0.2) is 0 Å². The van der Waals surface area contributed by atoms with Crippen LogP contribution in [-0.2, 0) is 6.42 Å². The highest BCUT2D eigenvalue weighted by molar-refractivity contribution is 6.29. The molecule has 0 saturated carbocycles. The molecule has 0 unspecified atom stereocenters. The van der Waals surface area contributed by atoms with Crippen LogP contribution in [0.2, 0.25) is 0 Å². The van der Waals surface area contributed by atoms with Crippen molar-refractivity contribution in [1.82, 2.24) is 0 Å². The number of hydrogen-bond acceptors (Lipinski definition) is 2. The monoisotopic (exact) mass is 1070 g/mol. The molecule has 0 fully saturated rings. The van der Waals surface area contributed by atoms with Crippen molar-refractivity contribution < 1.29 is 0 Å². The summed E-state index contributed by atoms with van der Waals surface area (Å²) in [4.78, 5) is 5.02. The third-order valence-electron chi connectivity index (χ3n) is 18.0. The van der Waals surface area contributed by atoms with Crippen LogP contribution in [0.4, 0.5) is 28.4 Å². The average molecular weight is 1070 g/mol. The lowest BCUT2D eigenvalue weighted by Gasteiger charge is -2.32. The Labute approximate surface area is 487 Å². The van der Waals surface area contributed by atoms with E-state index in [0.29, 0.717) is 0 Å². The molecule has 84 heavy (non-hydrogen) atoms. The predicted octanol–water partition coefficient (Wildman–Crippen LogP) is 23.0. The summed E-state index contributed by atoms with van der Waals surface area (Å²) >= 11 is 0. The van der Waals surface area contributed by atoms with E-state index in [4.69, 9.17) is 0 Å². The number of nitrogens with zero attached hydrogens (tertiary/aromatic N) is 2. The standard InChI is InChI=1S/C82H54N2/c1-5-21-57-45-63(37-33-53(57)17-1)83(64-38-34-54-18-2-6-22-58(54)46-64)67-41-43-75-79(51-67)81(77-49-61-25-9-11-27-69(61)71-29-13-15-31-73(71)77)76-44-42-68(52-80(76)82(75)78-50-62-26-10-12-28-70(62)72-30-14-16-32-74(72)78)84(65-39-35-55-19-3-7-23-59(55)47-65)66-40-36-56-20-4-8-24-60(56)48-66/h1-35,37-39,41-52H,36,40H2. The number of benzene rings is 16. The Morgan fingerprint density at radius 3 is 1.06 bits per heavy atom. The fourth-order valence-electron chi connectivity index (χ4n) is 14.1. The molecule has 0 heterocycles. The highest BCUT2D eigenvalue weighted by Crippen LogP contribution is 2.52. The van der Waals surface area contributed by atoms with Crippen LogP contribution in [0.1, 0.15) is 17.5 Å².